The Labute approximate surface area is 105 Å². The van der Waals surface area contributed by atoms with E-state index in [-0.39, 0.29) is 13.1 Å². The van der Waals surface area contributed by atoms with Gasteiger partial charge in [0.1, 0.15) is 0 Å². The van der Waals surface area contributed by atoms with E-state index < -0.39 is 24.0 Å². The molecule has 1 saturated heterocycles. The van der Waals surface area contributed by atoms with Crippen LogP contribution >= 0.6 is 0 Å². The number of halogens is 3. The lowest BCUT2D eigenvalue weighted by Crippen LogP contribution is -2.33. The zero-order chi connectivity index (χ0) is 13.9. The van der Waals surface area contributed by atoms with Crippen molar-refractivity contribution in [3.05, 3.63) is 0 Å². The Morgan fingerprint density at radius 1 is 1.44 bits per heavy atom. The number of hydrogen-bond donors (Lipinski definition) is 1. The predicted octanol–water partition coefficient (Wildman–Crippen LogP) is 2.62. The number of hydrogen-bond acceptors (Lipinski definition) is 2. The number of rotatable bonds is 5. The standard InChI is InChI=1S/C12H20F3NO2/c1-3-4-8(2)5-16-6-9(11(17)18)10(7-16)12(13,14)15/h8-10H,3-7H2,1-2H3,(H,17,18)/t8?,9-,10-/m1/s1. The van der Waals surface area contributed by atoms with Crippen molar-refractivity contribution in [1.82, 2.24) is 4.90 Å². The van der Waals surface area contributed by atoms with Gasteiger partial charge in [-0.15, -0.1) is 0 Å². The number of carbonyl (C=O) groups is 1. The van der Waals surface area contributed by atoms with Gasteiger partial charge < -0.3 is 10.0 Å². The van der Waals surface area contributed by atoms with Crippen molar-refractivity contribution in [2.75, 3.05) is 19.6 Å². The monoisotopic (exact) mass is 267 g/mol. The van der Waals surface area contributed by atoms with Gasteiger partial charge in [0, 0.05) is 19.6 Å². The van der Waals surface area contributed by atoms with Gasteiger partial charge in [0.05, 0.1) is 11.8 Å². The molecule has 0 amide bonds. The molecular weight excluding hydrogens is 247 g/mol. The van der Waals surface area contributed by atoms with Crippen molar-refractivity contribution in [3.63, 3.8) is 0 Å². The molecule has 0 aromatic heterocycles. The topological polar surface area (TPSA) is 40.5 Å². The molecule has 106 valence electrons. The number of carboxylic acids is 1. The number of nitrogens with zero attached hydrogens (tertiary/aromatic N) is 1. The Hall–Kier alpha value is -0.780. The van der Waals surface area contributed by atoms with Gasteiger partial charge in [0.15, 0.2) is 0 Å². The van der Waals surface area contributed by atoms with Crippen molar-refractivity contribution in [2.45, 2.75) is 32.9 Å². The molecule has 18 heavy (non-hydrogen) atoms. The average Bonchev–Trinajstić information content (AvgIpc) is 2.61. The highest BCUT2D eigenvalue weighted by atomic mass is 19.4. The fourth-order valence-corrected chi connectivity index (χ4v) is 2.64. The summed E-state index contributed by atoms with van der Waals surface area (Å²) in [6.07, 6.45) is -2.49. The predicted molar refractivity (Wildman–Crippen MR) is 61.2 cm³/mol. The van der Waals surface area contributed by atoms with E-state index in [1.165, 1.54) is 0 Å². The van der Waals surface area contributed by atoms with Crippen LogP contribution in [-0.4, -0.2) is 41.8 Å². The Morgan fingerprint density at radius 2 is 2.06 bits per heavy atom. The van der Waals surface area contributed by atoms with Crippen molar-refractivity contribution in [2.24, 2.45) is 17.8 Å². The quantitative estimate of drug-likeness (QED) is 0.832. The molecule has 1 heterocycles. The van der Waals surface area contributed by atoms with E-state index in [0.717, 1.165) is 12.8 Å². The molecule has 3 atom stereocenters. The molecule has 0 spiro atoms. The van der Waals surface area contributed by atoms with E-state index in [1.807, 2.05) is 13.8 Å². The van der Waals surface area contributed by atoms with Crippen LogP contribution in [0.2, 0.25) is 0 Å². The van der Waals surface area contributed by atoms with Crippen molar-refractivity contribution < 1.29 is 23.1 Å². The molecule has 1 unspecified atom stereocenters. The smallest absolute Gasteiger partial charge is 0.393 e. The van der Waals surface area contributed by atoms with Crippen molar-refractivity contribution >= 4 is 5.97 Å². The number of carboxylic acid groups (broad SMARTS) is 1. The lowest BCUT2D eigenvalue weighted by molar-refractivity contribution is -0.188. The molecule has 1 N–H and O–H groups in total. The number of alkyl halides is 3. The Balaban J connectivity index is 2.64. The van der Waals surface area contributed by atoms with E-state index >= 15 is 0 Å². The molecule has 1 aliphatic rings. The largest absolute Gasteiger partial charge is 0.481 e. The van der Waals surface area contributed by atoms with Crippen LogP contribution < -0.4 is 0 Å². The van der Waals surface area contributed by atoms with E-state index in [9.17, 15) is 18.0 Å². The molecule has 0 radical (unpaired) electrons. The van der Waals surface area contributed by atoms with Gasteiger partial charge in [-0.05, 0) is 12.3 Å². The molecule has 0 bridgehead atoms. The van der Waals surface area contributed by atoms with Crippen LogP contribution in [0.15, 0.2) is 0 Å². The van der Waals surface area contributed by atoms with Gasteiger partial charge >= 0.3 is 12.1 Å². The van der Waals surface area contributed by atoms with Gasteiger partial charge in [0.25, 0.3) is 0 Å². The first-order chi connectivity index (χ1) is 8.25. The first-order valence-electron chi connectivity index (χ1n) is 6.27. The van der Waals surface area contributed by atoms with Crippen molar-refractivity contribution in [3.8, 4) is 0 Å². The first-order valence-corrected chi connectivity index (χ1v) is 6.27. The second kappa shape index (κ2) is 5.91. The molecule has 0 aromatic carbocycles. The van der Waals surface area contributed by atoms with E-state index in [2.05, 4.69) is 0 Å². The van der Waals surface area contributed by atoms with E-state index in [0.29, 0.717) is 12.5 Å². The Kier molecular flexibility index (Phi) is 5.01. The molecule has 0 aliphatic carbocycles. The van der Waals surface area contributed by atoms with Crippen LogP contribution in [0.5, 0.6) is 0 Å². The van der Waals surface area contributed by atoms with Crippen LogP contribution in [0, 0.1) is 17.8 Å². The third-order valence-corrected chi connectivity index (χ3v) is 3.48. The van der Waals surface area contributed by atoms with Gasteiger partial charge in [-0.3, -0.25) is 4.79 Å². The zero-order valence-corrected chi connectivity index (χ0v) is 10.7. The minimum atomic E-state index is -4.42. The fraction of sp³-hybridized carbons (Fsp3) is 0.917. The van der Waals surface area contributed by atoms with Gasteiger partial charge in [-0.25, -0.2) is 0 Å². The summed E-state index contributed by atoms with van der Waals surface area (Å²) in [6, 6.07) is 0. The summed E-state index contributed by atoms with van der Waals surface area (Å²) in [5, 5.41) is 8.88. The summed E-state index contributed by atoms with van der Waals surface area (Å²) in [5.41, 5.74) is 0. The molecule has 1 rings (SSSR count). The maximum absolute atomic E-state index is 12.7. The van der Waals surface area contributed by atoms with Crippen LogP contribution in [0.4, 0.5) is 13.2 Å². The van der Waals surface area contributed by atoms with Crippen LogP contribution in [0.25, 0.3) is 0 Å². The summed E-state index contributed by atoms with van der Waals surface area (Å²) < 4.78 is 38.2. The lowest BCUT2D eigenvalue weighted by Gasteiger charge is -2.21. The highest BCUT2D eigenvalue weighted by Gasteiger charge is 2.52. The highest BCUT2D eigenvalue weighted by Crippen LogP contribution is 2.37. The normalized spacial score (nSPS) is 27.4. The van der Waals surface area contributed by atoms with Crippen molar-refractivity contribution in [1.29, 1.82) is 0 Å². The maximum atomic E-state index is 12.7. The zero-order valence-electron chi connectivity index (χ0n) is 10.7. The number of likely N-dealkylation sites (tertiary alicyclic amines) is 1. The average molecular weight is 267 g/mol. The Bertz CT molecular complexity index is 294. The molecule has 3 nitrogen and oxygen atoms in total. The summed E-state index contributed by atoms with van der Waals surface area (Å²) in [6.45, 7) is 4.38. The third-order valence-electron chi connectivity index (χ3n) is 3.48. The molecule has 0 saturated carbocycles. The molecular formula is C12H20F3NO2. The molecule has 1 fully saturated rings. The third kappa shape index (κ3) is 3.86. The maximum Gasteiger partial charge on any atom is 0.393 e. The minimum Gasteiger partial charge on any atom is -0.481 e. The van der Waals surface area contributed by atoms with Crippen LogP contribution in [0.3, 0.4) is 0 Å². The fourth-order valence-electron chi connectivity index (χ4n) is 2.64. The van der Waals surface area contributed by atoms with E-state index in [4.69, 9.17) is 5.11 Å². The highest BCUT2D eigenvalue weighted by molar-refractivity contribution is 5.71. The van der Waals surface area contributed by atoms with Gasteiger partial charge in [-0.2, -0.15) is 13.2 Å². The second-order valence-corrected chi connectivity index (χ2v) is 5.21. The Morgan fingerprint density at radius 3 is 2.44 bits per heavy atom. The summed E-state index contributed by atoms with van der Waals surface area (Å²) in [4.78, 5) is 12.5. The van der Waals surface area contributed by atoms with Crippen LogP contribution in [0.1, 0.15) is 26.7 Å². The minimum absolute atomic E-state index is 0.00750. The van der Waals surface area contributed by atoms with Gasteiger partial charge in [0.2, 0.25) is 0 Å². The SMILES string of the molecule is CCCC(C)CN1C[C@@H](C(F)(F)F)[C@H](C(=O)O)C1. The van der Waals surface area contributed by atoms with Crippen LogP contribution in [-0.2, 0) is 4.79 Å². The summed E-state index contributed by atoms with van der Waals surface area (Å²) in [5.74, 6) is -4.10. The van der Waals surface area contributed by atoms with Gasteiger partial charge in [-0.1, -0.05) is 20.3 Å². The second-order valence-electron chi connectivity index (χ2n) is 5.21. The molecule has 0 aromatic rings. The molecule has 1 aliphatic heterocycles. The lowest BCUT2D eigenvalue weighted by atomic mass is 9.96. The summed E-state index contributed by atoms with van der Waals surface area (Å²) in [7, 11) is 0. The summed E-state index contributed by atoms with van der Waals surface area (Å²) >= 11 is 0. The first kappa shape index (κ1) is 15.3. The number of aliphatic carboxylic acids is 1. The van der Waals surface area contributed by atoms with E-state index in [1.54, 1.807) is 4.90 Å². The molecule has 6 heteroatoms.